The summed E-state index contributed by atoms with van der Waals surface area (Å²) in [6.45, 7) is 2.94. The van der Waals surface area contributed by atoms with Crippen molar-refractivity contribution in [2.75, 3.05) is 11.9 Å². The highest BCUT2D eigenvalue weighted by Crippen LogP contribution is 2.27. The van der Waals surface area contributed by atoms with Crippen molar-refractivity contribution in [2.24, 2.45) is 0 Å². The number of nitro benzene ring substituents is 1. The number of nitrogens with one attached hydrogen (secondary N) is 1. The van der Waals surface area contributed by atoms with Gasteiger partial charge < -0.3 is 10.1 Å². The van der Waals surface area contributed by atoms with Gasteiger partial charge in [-0.15, -0.1) is 0 Å². The van der Waals surface area contributed by atoms with Crippen molar-refractivity contribution in [3.05, 3.63) is 74.3 Å². The summed E-state index contributed by atoms with van der Waals surface area (Å²) in [4.78, 5) is 34.2. The van der Waals surface area contributed by atoms with Gasteiger partial charge in [0, 0.05) is 17.2 Å². The van der Waals surface area contributed by atoms with Crippen LogP contribution < -0.4 is 5.32 Å². The first-order chi connectivity index (χ1) is 12.8. The SMILES string of the molecule is Cc1cc(NC(=O)COC(=O)/C=C/c2cccc(Cl)c2)c([N+](=O)[O-])cc1C. The van der Waals surface area contributed by atoms with Crippen LogP contribution in [0.4, 0.5) is 11.4 Å². The van der Waals surface area contributed by atoms with E-state index >= 15 is 0 Å². The van der Waals surface area contributed by atoms with Crippen molar-refractivity contribution in [3.8, 4) is 0 Å². The number of anilines is 1. The maximum Gasteiger partial charge on any atom is 0.331 e. The van der Waals surface area contributed by atoms with Crippen LogP contribution in [-0.2, 0) is 14.3 Å². The van der Waals surface area contributed by atoms with Crippen LogP contribution in [-0.4, -0.2) is 23.4 Å². The van der Waals surface area contributed by atoms with Crippen LogP contribution >= 0.6 is 11.6 Å². The van der Waals surface area contributed by atoms with E-state index in [0.29, 0.717) is 10.6 Å². The van der Waals surface area contributed by atoms with Gasteiger partial charge >= 0.3 is 5.97 Å². The second-order valence-electron chi connectivity index (χ2n) is 5.75. The summed E-state index contributed by atoms with van der Waals surface area (Å²) in [6.07, 6.45) is 2.66. The Kier molecular flexibility index (Phi) is 6.67. The second-order valence-corrected chi connectivity index (χ2v) is 6.19. The van der Waals surface area contributed by atoms with Gasteiger partial charge in [-0.25, -0.2) is 4.79 Å². The van der Waals surface area contributed by atoms with Gasteiger partial charge in [0.2, 0.25) is 0 Å². The van der Waals surface area contributed by atoms with E-state index in [2.05, 4.69) is 5.32 Å². The normalized spacial score (nSPS) is 10.6. The molecule has 140 valence electrons. The molecule has 0 atom stereocenters. The number of nitro groups is 1. The minimum atomic E-state index is -0.722. The lowest BCUT2D eigenvalue weighted by molar-refractivity contribution is -0.384. The van der Waals surface area contributed by atoms with Crippen LogP contribution in [0.25, 0.3) is 6.08 Å². The minimum absolute atomic E-state index is 0.0543. The molecule has 0 fully saturated rings. The summed E-state index contributed by atoms with van der Waals surface area (Å²) >= 11 is 5.84. The van der Waals surface area contributed by atoms with E-state index in [0.717, 1.165) is 17.2 Å². The van der Waals surface area contributed by atoms with E-state index in [1.807, 2.05) is 0 Å². The van der Waals surface area contributed by atoms with Crippen LogP contribution in [0, 0.1) is 24.0 Å². The smallest absolute Gasteiger partial charge is 0.331 e. The zero-order chi connectivity index (χ0) is 20.0. The summed E-state index contributed by atoms with van der Waals surface area (Å²) in [6, 6.07) is 9.74. The topological polar surface area (TPSA) is 98.5 Å². The number of carbonyl (C=O) groups excluding carboxylic acids is 2. The Hall–Kier alpha value is -3.19. The van der Waals surface area contributed by atoms with Crippen molar-refractivity contribution < 1.29 is 19.2 Å². The van der Waals surface area contributed by atoms with Gasteiger partial charge in [0.25, 0.3) is 11.6 Å². The standard InChI is InChI=1S/C19H17ClN2O5/c1-12-8-16(17(22(25)26)9-13(12)2)21-18(23)11-27-19(24)7-6-14-4-3-5-15(20)10-14/h3-10H,11H2,1-2H3,(H,21,23)/b7-6+. The Labute approximate surface area is 160 Å². The van der Waals surface area contributed by atoms with Crippen LogP contribution in [0.2, 0.25) is 5.02 Å². The van der Waals surface area contributed by atoms with E-state index in [4.69, 9.17) is 16.3 Å². The lowest BCUT2D eigenvalue weighted by Crippen LogP contribution is -2.20. The predicted octanol–water partition coefficient (Wildman–Crippen LogP) is 4.06. The highest BCUT2D eigenvalue weighted by molar-refractivity contribution is 6.30. The van der Waals surface area contributed by atoms with Gasteiger partial charge in [0.1, 0.15) is 5.69 Å². The van der Waals surface area contributed by atoms with Gasteiger partial charge in [-0.05, 0) is 54.8 Å². The molecular formula is C19H17ClN2O5. The van der Waals surface area contributed by atoms with Crippen molar-refractivity contribution in [1.82, 2.24) is 0 Å². The maximum absolute atomic E-state index is 12.0. The third kappa shape index (κ3) is 5.93. The van der Waals surface area contributed by atoms with Gasteiger partial charge in [0.05, 0.1) is 4.92 Å². The first-order valence-corrected chi connectivity index (χ1v) is 8.30. The number of hydrogen-bond donors (Lipinski definition) is 1. The lowest BCUT2D eigenvalue weighted by Gasteiger charge is -2.09. The molecule has 0 aliphatic rings. The Balaban J connectivity index is 1.95. The molecule has 1 amide bonds. The zero-order valence-electron chi connectivity index (χ0n) is 14.7. The minimum Gasteiger partial charge on any atom is -0.452 e. The summed E-state index contributed by atoms with van der Waals surface area (Å²) in [5.74, 6) is -1.40. The molecule has 0 aliphatic carbocycles. The number of nitrogens with zero attached hydrogens (tertiary/aromatic N) is 1. The van der Waals surface area contributed by atoms with E-state index in [1.54, 1.807) is 38.1 Å². The zero-order valence-corrected chi connectivity index (χ0v) is 15.4. The Morgan fingerprint density at radius 1 is 1.22 bits per heavy atom. The van der Waals surface area contributed by atoms with E-state index < -0.39 is 23.4 Å². The Morgan fingerprint density at radius 3 is 2.59 bits per heavy atom. The molecule has 0 spiro atoms. The Morgan fingerprint density at radius 2 is 1.93 bits per heavy atom. The van der Waals surface area contributed by atoms with E-state index in [1.165, 1.54) is 18.2 Å². The quantitative estimate of drug-likeness (QED) is 0.348. The fourth-order valence-electron chi connectivity index (χ4n) is 2.20. The molecule has 0 saturated heterocycles. The molecule has 0 radical (unpaired) electrons. The second kappa shape index (κ2) is 8.95. The lowest BCUT2D eigenvalue weighted by atomic mass is 10.1. The summed E-state index contributed by atoms with van der Waals surface area (Å²) < 4.78 is 4.84. The number of hydrogen-bond acceptors (Lipinski definition) is 5. The van der Waals surface area contributed by atoms with Crippen LogP contribution in [0.5, 0.6) is 0 Å². The Bertz CT molecular complexity index is 924. The van der Waals surface area contributed by atoms with Crippen molar-refractivity contribution in [3.63, 3.8) is 0 Å². The van der Waals surface area contributed by atoms with Crippen LogP contribution in [0.15, 0.2) is 42.5 Å². The molecule has 1 N–H and O–H groups in total. The molecule has 0 heterocycles. The highest BCUT2D eigenvalue weighted by Gasteiger charge is 2.18. The van der Waals surface area contributed by atoms with Gasteiger partial charge in [-0.1, -0.05) is 23.7 Å². The average Bonchev–Trinajstić information content (AvgIpc) is 2.61. The molecule has 27 heavy (non-hydrogen) atoms. The monoisotopic (exact) mass is 388 g/mol. The fraction of sp³-hybridized carbons (Fsp3) is 0.158. The summed E-state index contributed by atoms with van der Waals surface area (Å²) in [7, 11) is 0. The summed E-state index contributed by atoms with van der Waals surface area (Å²) in [5, 5.41) is 14.1. The predicted molar refractivity (Wildman–Crippen MR) is 103 cm³/mol. The third-order valence-corrected chi connectivity index (χ3v) is 3.92. The largest absolute Gasteiger partial charge is 0.452 e. The number of ether oxygens (including phenoxy) is 1. The molecule has 0 bridgehead atoms. The molecule has 8 heteroatoms. The van der Waals surface area contributed by atoms with Crippen molar-refractivity contribution in [1.29, 1.82) is 0 Å². The highest BCUT2D eigenvalue weighted by atomic mass is 35.5. The van der Waals surface area contributed by atoms with Crippen LogP contribution in [0.3, 0.4) is 0 Å². The molecule has 0 aromatic heterocycles. The maximum atomic E-state index is 12.0. The molecule has 0 unspecified atom stereocenters. The molecule has 0 saturated carbocycles. The average molecular weight is 389 g/mol. The molecule has 7 nitrogen and oxygen atoms in total. The van der Waals surface area contributed by atoms with E-state index in [-0.39, 0.29) is 11.4 Å². The summed E-state index contributed by atoms with van der Waals surface area (Å²) in [5.41, 5.74) is 2.06. The van der Waals surface area contributed by atoms with Gasteiger partial charge in [-0.2, -0.15) is 0 Å². The van der Waals surface area contributed by atoms with Gasteiger partial charge in [-0.3, -0.25) is 14.9 Å². The third-order valence-electron chi connectivity index (χ3n) is 3.69. The van der Waals surface area contributed by atoms with Gasteiger partial charge in [0.15, 0.2) is 6.61 Å². The molecule has 2 rings (SSSR count). The molecule has 2 aromatic carbocycles. The number of benzene rings is 2. The molecule has 2 aromatic rings. The van der Waals surface area contributed by atoms with Crippen molar-refractivity contribution >= 4 is 40.9 Å². The first-order valence-electron chi connectivity index (χ1n) is 7.92. The number of carbonyl (C=O) groups is 2. The number of esters is 1. The van der Waals surface area contributed by atoms with E-state index in [9.17, 15) is 19.7 Å². The number of amides is 1. The number of rotatable bonds is 6. The van der Waals surface area contributed by atoms with Crippen LogP contribution in [0.1, 0.15) is 16.7 Å². The molecule has 0 aliphatic heterocycles. The fourth-order valence-corrected chi connectivity index (χ4v) is 2.40. The first kappa shape index (κ1) is 20.1. The van der Waals surface area contributed by atoms with Crippen molar-refractivity contribution in [2.45, 2.75) is 13.8 Å². The number of aryl methyl sites for hydroxylation is 2. The number of halogens is 1. The molecular weight excluding hydrogens is 372 g/mol.